The lowest BCUT2D eigenvalue weighted by Crippen LogP contribution is -2.27. The van der Waals surface area contributed by atoms with Crippen LogP contribution in [0.5, 0.6) is 5.75 Å². The molecule has 0 aliphatic rings. The second kappa shape index (κ2) is 11.8. The first-order valence-electron chi connectivity index (χ1n) is 12.6. The lowest BCUT2D eigenvalue weighted by Gasteiger charge is -2.28. The van der Waals surface area contributed by atoms with Crippen LogP contribution >= 0.6 is 0 Å². The molecule has 0 amide bonds. The Morgan fingerprint density at radius 1 is 0.788 bits per heavy atom. The molecule has 0 aliphatic carbocycles. The van der Waals surface area contributed by atoms with Gasteiger partial charge >= 0.3 is 0 Å². The summed E-state index contributed by atoms with van der Waals surface area (Å²) < 4.78 is 5.69. The molecule has 0 atom stereocenters. The van der Waals surface area contributed by atoms with E-state index in [1.807, 2.05) is 19.1 Å². The number of hydrogen-bond donors (Lipinski definition) is 0. The Morgan fingerprint density at radius 3 is 1.91 bits per heavy atom. The summed E-state index contributed by atoms with van der Waals surface area (Å²) in [5.74, 6) is 1.72. The van der Waals surface area contributed by atoms with Crippen molar-refractivity contribution >= 4 is 5.69 Å². The Labute approximate surface area is 200 Å². The Morgan fingerprint density at radius 2 is 1.39 bits per heavy atom. The van der Waals surface area contributed by atoms with Gasteiger partial charge in [0.25, 0.3) is 0 Å². The standard InChI is InChI=1S/C29H39N3O/c1-7-19-32(20-8-2)28-21(6)30-29(26-22(9-3)13-12-14-23(26)10-4)31-27(28)24-15-17-25(18-16-24)33-11-5/h12-18H,7-11,19-20H2,1-6H3. The van der Waals surface area contributed by atoms with Crippen LogP contribution in [-0.2, 0) is 12.8 Å². The fourth-order valence-electron chi connectivity index (χ4n) is 4.54. The lowest BCUT2D eigenvalue weighted by molar-refractivity contribution is 0.340. The molecule has 4 heteroatoms. The number of rotatable bonds is 11. The summed E-state index contributed by atoms with van der Waals surface area (Å²) in [7, 11) is 0. The number of benzene rings is 2. The summed E-state index contributed by atoms with van der Waals surface area (Å²) in [5.41, 5.74) is 8.11. The minimum absolute atomic E-state index is 0.662. The van der Waals surface area contributed by atoms with Crippen LogP contribution in [0.15, 0.2) is 42.5 Å². The largest absolute Gasteiger partial charge is 0.494 e. The molecule has 0 spiro atoms. The zero-order valence-corrected chi connectivity index (χ0v) is 21.2. The molecular formula is C29H39N3O. The van der Waals surface area contributed by atoms with Gasteiger partial charge in [0, 0.05) is 24.2 Å². The quantitative estimate of drug-likeness (QED) is 0.311. The van der Waals surface area contributed by atoms with E-state index in [2.05, 4.69) is 69.9 Å². The van der Waals surface area contributed by atoms with E-state index in [0.29, 0.717) is 6.61 Å². The van der Waals surface area contributed by atoms with Crippen molar-refractivity contribution < 1.29 is 4.74 Å². The van der Waals surface area contributed by atoms with Crippen molar-refractivity contribution in [2.24, 2.45) is 0 Å². The molecule has 0 aliphatic heterocycles. The summed E-state index contributed by atoms with van der Waals surface area (Å²) in [6.45, 7) is 15.7. The molecule has 0 bridgehead atoms. The second-order valence-electron chi connectivity index (χ2n) is 8.43. The van der Waals surface area contributed by atoms with Gasteiger partial charge in [-0.1, -0.05) is 45.9 Å². The SMILES string of the molecule is CCCN(CCC)c1c(C)nc(-c2c(CC)cccc2CC)nc1-c1ccc(OCC)cc1. The van der Waals surface area contributed by atoms with Gasteiger partial charge in [0.1, 0.15) is 5.75 Å². The normalized spacial score (nSPS) is 11.0. The zero-order valence-electron chi connectivity index (χ0n) is 21.2. The predicted octanol–water partition coefficient (Wildman–Crippen LogP) is 7.27. The van der Waals surface area contributed by atoms with Crippen LogP contribution < -0.4 is 9.64 Å². The molecule has 3 rings (SSSR count). The van der Waals surface area contributed by atoms with Gasteiger partial charge in [-0.2, -0.15) is 0 Å². The van der Waals surface area contributed by atoms with Gasteiger partial charge in [0.15, 0.2) is 5.82 Å². The van der Waals surface area contributed by atoms with Crippen LogP contribution in [0.2, 0.25) is 0 Å². The molecule has 33 heavy (non-hydrogen) atoms. The third-order valence-corrected chi connectivity index (χ3v) is 6.02. The summed E-state index contributed by atoms with van der Waals surface area (Å²) >= 11 is 0. The van der Waals surface area contributed by atoms with Crippen molar-refractivity contribution in [1.82, 2.24) is 9.97 Å². The van der Waals surface area contributed by atoms with Crippen molar-refractivity contribution in [1.29, 1.82) is 0 Å². The maximum atomic E-state index is 5.69. The Bertz CT molecular complexity index is 1020. The molecule has 1 aromatic heterocycles. The summed E-state index contributed by atoms with van der Waals surface area (Å²) in [4.78, 5) is 12.8. The highest BCUT2D eigenvalue weighted by Crippen LogP contribution is 2.36. The highest BCUT2D eigenvalue weighted by Gasteiger charge is 2.21. The smallest absolute Gasteiger partial charge is 0.160 e. The van der Waals surface area contributed by atoms with E-state index < -0.39 is 0 Å². The minimum atomic E-state index is 0.662. The van der Waals surface area contributed by atoms with Gasteiger partial charge in [-0.3, -0.25) is 0 Å². The van der Waals surface area contributed by atoms with Crippen molar-refractivity contribution in [2.45, 2.75) is 67.2 Å². The molecule has 0 fully saturated rings. The van der Waals surface area contributed by atoms with Crippen molar-refractivity contribution in [3.63, 3.8) is 0 Å². The van der Waals surface area contributed by atoms with E-state index in [1.54, 1.807) is 0 Å². The first-order valence-corrected chi connectivity index (χ1v) is 12.6. The van der Waals surface area contributed by atoms with Crippen molar-refractivity contribution in [3.05, 3.63) is 59.3 Å². The molecule has 0 radical (unpaired) electrons. The summed E-state index contributed by atoms with van der Waals surface area (Å²) in [6.07, 6.45) is 4.10. The Balaban J connectivity index is 2.26. The molecule has 2 aromatic carbocycles. The van der Waals surface area contributed by atoms with Crippen LogP contribution in [0.3, 0.4) is 0 Å². The van der Waals surface area contributed by atoms with E-state index in [4.69, 9.17) is 14.7 Å². The van der Waals surface area contributed by atoms with Crippen LogP contribution in [0.1, 0.15) is 64.3 Å². The molecule has 0 saturated heterocycles. The number of hydrogen-bond acceptors (Lipinski definition) is 4. The van der Waals surface area contributed by atoms with E-state index in [-0.39, 0.29) is 0 Å². The molecule has 4 nitrogen and oxygen atoms in total. The molecule has 176 valence electrons. The molecule has 0 N–H and O–H groups in total. The van der Waals surface area contributed by atoms with E-state index in [0.717, 1.165) is 73.0 Å². The number of ether oxygens (including phenoxy) is 1. The summed E-state index contributed by atoms with van der Waals surface area (Å²) in [6, 6.07) is 14.9. The first kappa shape index (κ1) is 24.8. The Kier molecular flexibility index (Phi) is 8.87. The van der Waals surface area contributed by atoms with Crippen LogP contribution in [0.4, 0.5) is 5.69 Å². The number of aryl methyl sites for hydroxylation is 3. The zero-order chi connectivity index (χ0) is 23.8. The third-order valence-electron chi connectivity index (χ3n) is 6.02. The van der Waals surface area contributed by atoms with Crippen LogP contribution in [0, 0.1) is 6.92 Å². The predicted molar refractivity (Wildman–Crippen MR) is 140 cm³/mol. The molecule has 3 aromatic rings. The number of anilines is 1. The second-order valence-corrected chi connectivity index (χ2v) is 8.43. The topological polar surface area (TPSA) is 38.2 Å². The maximum Gasteiger partial charge on any atom is 0.160 e. The maximum absolute atomic E-state index is 5.69. The minimum Gasteiger partial charge on any atom is -0.494 e. The van der Waals surface area contributed by atoms with E-state index in [1.165, 1.54) is 16.7 Å². The van der Waals surface area contributed by atoms with Gasteiger partial charge in [0.2, 0.25) is 0 Å². The van der Waals surface area contributed by atoms with Gasteiger partial charge in [-0.25, -0.2) is 9.97 Å². The monoisotopic (exact) mass is 445 g/mol. The highest BCUT2D eigenvalue weighted by molar-refractivity contribution is 5.80. The van der Waals surface area contributed by atoms with Crippen molar-refractivity contribution in [2.75, 3.05) is 24.6 Å². The average Bonchev–Trinajstić information content (AvgIpc) is 2.83. The summed E-state index contributed by atoms with van der Waals surface area (Å²) in [5, 5.41) is 0. The average molecular weight is 446 g/mol. The van der Waals surface area contributed by atoms with Crippen molar-refractivity contribution in [3.8, 4) is 28.4 Å². The fraction of sp³-hybridized carbons (Fsp3) is 0.448. The molecule has 0 saturated carbocycles. The fourth-order valence-corrected chi connectivity index (χ4v) is 4.54. The number of nitrogens with zero attached hydrogens (tertiary/aromatic N) is 3. The number of aromatic nitrogens is 2. The van der Waals surface area contributed by atoms with Crippen LogP contribution in [-0.4, -0.2) is 29.7 Å². The lowest BCUT2D eigenvalue weighted by atomic mass is 9.96. The van der Waals surface area contributed by atoms with Gasteiger partial charge in [0.05, 0.1) is 23.7 Å². The first-order chi connectivity index (χ1) is 16.1. The third kappa shape index (κ3) is 5.55. The van der Waals surface area contributed by atoms with Crippen LogP contribution in [0.25, 0.3) is 22.6 Å². The van der Waals surface area contributed by atoms with Gasteiger partial charge in [-0.15, -0.1) is 0 Å². The van der Waals surface area contributed by atoms with Gasteiger partial charge < -0.3 is 9.64 Å². The van der Waals surface area contributed by atoms with Gasteiger partial charge in [-0.05, 0) is 74.9 Å². The highest BCUT2D eigenvalue weighted by atomic mass is 16.5. The van der Waals surface area contributed by atoms with E-state index >= 15 is 0 Å². The molecule has 1 heterocycles. The van der Waals surface area contributed by atoms with E-state index in [9.17, 15) is 0 Å². The Hall–Kier alpha value is -2.88. The molecular weight excluding hydrogens is 406 g/mol. The molecule has 0 unspecified atom stereocenters.